The van der Waals surface area contributed by atoms with Gasteiger partial charge in [-0.05, 0) is 29.2 Å². The van der Waals surface area contributed by atoms with Gasteiger partial charge in [-0.2, -0.15) is 0 Å². The molecule has 0 aliphatic heterocycles. The van der Waals surface area contributed by atoms with Gasteiger partial charge >= 0.3 is 7.82 Å². The largest absolute Gasteiger partial charge is 0.529 e. The standard InChI is InChI=1S/C21H27O8PS/c1-23-16-12-19(25-3)17(20(13-16)26-4)9-10-31-14-15-7-8-18(24-2)21(11-15)29-30(22,27-5)28-6/h7-13H,14H2,1-6H3. The zero-order chi connectivity index (χ0) is 22.9. The van der Waals surface area contributed by atoms with Gasteiger partial charge in [0.15, 0.2) is 11.5 Å². The Balaban J connectivity index is 2.16. The van der Waals surface area contributed by atoms with Gasteiger partial charge in [0.1, 0.15) is 17.2 Å². The molecule has 31 heavy (non-hydrogen) atoms. The van der Waals surface area contributed by atoms with Crippen molar-refractivity contribution in [2.45, 2.75) is 5.75 Å². The number of rotatable bonds is 12. The molecule has 0 spiro atoms. The van der Waals surface area contributed by atoms with Crippen molar-refractivity contribution >= 4 is 25.7 Å². The maximum Gasteiger partial charge on any atom is 0.529 e. The van der Waals surface area contributed by atoms with Crippen LogP contribution < -0.4 is 23.5 Å². The number of phosphoric ester groups is 1. The third-order valence-corrected chi connectivity index (χ3v) is 6.36. The van der Waals surface area contributed by atoms with E-state index in [1.54, 1.807) is 57.4 Å². The van der Waals surface area contributed by atoms with Gasteiger partial charge in [0.05, 0.1) is 34.0 Å². The summed E-state index contributed by atoms with van der Waals surface area (Å²) in [6, 6.07) is 8.96. The molecule has 0 bridgehead atoms. The molecule has 2 aromatic rings. The molecule has 2 rings (SSSR count). The molecule has 170 valence electrons. The number of ether oxygens (including phenoxy) is 4. The average molecular weight is 470 g/mol. The number of hydrogen-bond acceptors (Lipinski definition) is 9. The Morgan fingerprint density at radius 1 is 0.806 bits per heavy atom. The van der Waals surface area contributed by atoms with E-state index in [2.05, 4.69) is 0 Å². The van der Waals surface area contributed by atoms with E-state index in [1.807, 2.05) is 17.6 Å². The van der Waals surface area contributed by atoms with Crippen molar-refractivity contribution in [1.29, 1.82) is 0 Å². The third-order valence-electron chi connectivity index (χ3n) is 4.22. The maximum absolute atomic E-state index is 12.3. The topological polar surface area (TPSA) is 81.7 Å². The molecule has 0 N–H and O–H groups in total. The molecule has 0 saturated heterocycles. The number of hydrogen-bond donors (Lipinski definition) is 0. The summed E-state index contributed by atoms with van der Waals surface area (Å²) in [4.78, 5) is 0. The van der Waals surface area contributed by atoms with E-state index in [1.165, 1.54) is 21.3 Å². The molecule has 0 aliphatic rings. The summed E-state index contributed by atoms with van der Waals surface area (Å²) in [5, 5.41) is 1.94. The first-order chi connectivity index (χ1) is 14.9. The quantitative estimate of drug-likeness (QED) is 0.379. The van der Waals surface area contributed by atoms with Crippen LogP contribution in [0.25, 0.3) is 6.08 Å². The maximum atomic E-state index is 12.3. The van der Waals surface area contributed by atoms with Crippen molar-refractivity contribution in [3.05, 3.63) is 46.9 Å². The Morgan fingerprint density at radius 3 is 1.94 bits per heavy atom. The molecule has 0 heterocycles. The highest BCUT2D eigenvalue weighted by Gasteiger charge is 2.26. The molecular weight excluding hydrogens is 443 g/mol. The van der Waals surface area contributed by atoms with Gasteiger partial charge in [-0.3, -0.25) is 9.05 Å². The zero-order valence-corrected chi connectivity index (χ0v) is 20.1. The molecule has 0 amide bonds. The molecule has 0 fully saturated rings. The van der Waals surface area contributed by atoms with Crippen LogP contribution in [-0.4, -0.2) is 42.7 Å². The first kappa shape index (κ1) is 24.9. The second-order valence-corrected chi connectivity index (χ2v) is 8.65. The van der Waals surface area contributed by atoms with Crippen LogP contribution in [0.2, 0.25) is 0 Å². The molecule has 0 saturated carbocycles. The molecule has 0 aromatic heterocycles. The summed E-state index contributed by atoms with van der Waals surface area (Å²) in [7, 11) is 5.08. The summed E-state index contributed by atoms with van der Waals surface area (Å²) in [5.41, 5.74) is 1.73. The Kier molecular flexibility index (Phi) is 9.58. The van der Waals surface area contributed by atoms with Crippen LogP contribution in [-0.2, 0) is 19.4 Å². The van der Waals surface area contributed by atoms with Crippen LogP contribution in [0.3, 0.4) is 0 Å². The van der Waals surface area contributed by atoms with Crippen LogP contribution in [0, 0.1) is 0 Å². The van der Waals surface area contributed by atoms with E-state index in [0.717, 1.165) is 11.1 Å². The van der Waals surface area contributed by atoms with Gasteiger partial charge in [0, 0.05) is 32.1 Å². The first-order valence-corrected chi connectivity index (χ1v) is 11.6. The fraction of sp³-hybridized carbons (Fsp3) is 0.333. The lowest BCUT2D eigenvalue weighted by Crippen LogP contribution is -1.99. The van der Waals surface area contributed by atoms with Crippen LogP contribution in [0.4, 0.5) is 0 Å². The second-order valence-electron chi connectivity index (χ2n) is 5.95. The van der Waals surface area contributed by atoms with E-state index < -0.39 is 7.82 Å². The summed E-state index contributed by atoms with van der Waals surface area (Å²) >= 11 is 1.55. The normalized spacial score (nSPS) is 11.4. The molecule has 10 heteroatoms. The lowest BCUT2D eigenvalue weighted by Gasteiger charge is -2.17. The van der Waals surface area contributed by atoms with Crippen molar-refractivity contribution in [1.82, 2.24) is 0 Å². The van der Waals surface area contributed by atoms with Crippen molar-refractivity contribution in [2.24, 2.45) is 0 Å². The summed E-state index contributed by atoms with van der Waals surface area (Å²) in [6.07, 6.45) is 1.91. The molecule has 8 nitrogen and oxygen atoms in total. The molecule has 0 atom stereocenters. The van der Waals surface area contributed by atoms with E-state index >= 15 is 0 Å². The minimum atomic E-state index is -3.70. The summed E-state index contributed by atoms with van der Waals surface area (Å²) in [6.45, 7) is 0. The summed E-state index contributed by atoms with van der Waals surface area (Å²) in [5.74, 6) is 3.25. The van der Waals surface area contributed by atoms with Crippen LogP contribution in [0.15, 0.2) is 35.7 Å². The van der Waals surface area contributed by atoms with Gasteiger partial charge in [-0.25, -0.2) is 4.57 Å². The zero-order valence-electron chi connectivity index (χ0n) is 18.4. The van der Waals surface area contributed by atoms with E-state index in [4.69, 9.17) is 32.5 Å². The van der Waals surface area contributed by atoms with Crippen molar-refractivity contribution < 1.29 is 37.1 Å². The second kappa shape index (κ2) is 11.9. The highest BCUT2D eigenvalue weighted by Crippen LogP contribution is 2.50. The lowest BCUT2D eigenvalue weighted by atomic mass is 10.1. The molecule has 0 radical (unpaired) electrons. The van der Waals surface area contributed by atoms with Crippen molar-refractivity contribution in [3.63, 3.8) is 0 Å². The smallest absolute Gasteiger partial charge is 0.496 e. The number of thioether (sulfide) groups is 1. The minimum absolute atomic E-state index is 0.273. The third kappa shape index (κ3) is 6.58. The number of phosphoric acid groups is 1. The van der Waals surface area contributed by atoms with Crippen LogP contribution in [0.5, 0.6) is 28.7 Å². The van der Waals surface area contributed by atoms with Gasteiger partial charge in [0.2, 0.25) is 0 Å². The van der Waals surface area contributed by atoms with E-state index in [-0.39, 0.29) is 5.75 Å². The van der Waals surface area contributed by atoms with E-state index in [0.29, 0.717) is 28.8 Å². The van der Waals surface area contributed by atoms with Crippen LogP contribution in [0.1, 0.15) is 11.1 Å². The Bertz CT molecular complexity index is 914. The van der Waals surface area contributed by atoms with Gasteiger partial charge < -0.3 is 23.5 Å². The molecule has 0 unspecified atom stereocenters. The predicted molar refractivity (Wildman–Crippen MR) is 122 cm³/mol. The summed E-state index contributed by atoms with van der Waals surface area (Å²) < 4.78 is 48.9. The highest BCUT2D eigenvalue weighted by atomic mass is 32.2. The highest BCUT2D eigenvalue weighted by molar-refractivity contribution is 8.01. The monoisotopic (exact) mass is 470 g/mol. The van der Waals surface area contributed by atoms with Crippen LogP contribution >= 0.6 is 19.6 Å². The fourth-order valence-electron chi connectivity index (χ4n) is 2.61. The first-order valence-electron chi connectivity index (χ1n) is 9.09. The van der Waals surface area contributed by atoms with Crippen molar-refractivity contribution in [3.8, 4) is 28.7 Å². The Labute approximate surface area is 187 Å². The van der Waals surface area contributed by atoms with Gasteiger partial charge in [-0.15, -0.1) is 11.8 Å². The SMILES string of the molecule is COc1cc(OC)c(C=CSCc2ccc(OC)c(OP(=O)(OC)OC)c2)c(OC)c1. The fourth-order valence-corrected chi connectivity index (χ4v) is 3.99. The Morgan fingerprint density at radius 2 is 1.42 bits per heavy atom. The lowest BCUT2D eigenvalue weighted by molar-refractivity contribution is 0.208. The number of methoxy groups -OCH3 is 4. The van der Waals surface area contributed by atoms with Gasteiger partial charge in [0.25, 0.3) is 0 Å². The number of benzene rings is 2. The average Bonchev–Trinajstić information content (AvgIpc) is 2.81. The molecule has 2 aromatic carbocycles. The Hall–Kier alpha value is -2.32. The minimum Gasteiger partial charge on any atom is -0.496 e. The van der Waals surface area contributed by atoms with Crippen molar-refractivity contribution in [2.75, 3.05) is 42.7 Å². The molecular formula is C21H27O8PS. The van der Waals surface area contributed by atoms with Gasteiger partial charge in [-0.1, -0.05) is 6.07 Å². The predicted octanol–water partition coefficient (Wildman–Crippen LogP) is 5.40. The molecule has 0 aliphatic carbocycles. The van der Waals surface area contributed by atoms with E-state index in [9.17, 15) is 4.57 Å².